The first-order valence-corrected chi connectivity index (χ1v) is 5.02. The van der Waals surface area contributed by atoms with Gasteiger partial charge in [0, 0.05) is 13.6 Å². The monoisotopic (exact) mass is 212 g/mol. The summed E-state index contributed by atoms with van der Waals surface area (Å²) < 4.78 is 1.84. The van der Waals surface area contributed by atoms with Crippen molar-refractivity contribution in [1.82, 2.24) is 15.1 Å². The second-order valence-corrected chi connectivity index (χ2v) is 3.56. The maximum absolute atomic E-state index is 5.10. The van der Waals surface area contributed by atoms with Crippen molar-refractivity contribution in [3.63, 3.8) is 0 Å². The molecule has 1 aromatic heterocycles. The zero-order valence-corrected chi connectivity index (χ0v) is 9.83. The Morgan fingerprint density at radius 3 is 2.57 bits per heavy atom. The van der Waals surface area contributed by atoms with Crippen molar-refractivity contribution in [3.05, 3.63) is 11.4 Å². The normalized spacial score (nSPS) is 10.0. The molecule has 0 saturated carbocycles. The zero-order valence-electron chi connectivity index (χ0n) is 9.01. The second kappa shape index (κ2) is 4.41. The highest BCUT2D eigenvalue weighted by atomic mass is 32.1. The van der Waals surface area contributed by atoms with Gasteiger partial charge in [-0.1, -0.05) is 0 Å². The zero-order chi connectivity index (χ0) is 10.7. The van der Waals surface area contributed by atoms with E-state index >= 15 is 0 Å². The minimum atomic E-state index is 0.645. The minimum absolute atomic E-state index is 0.645. The molecule has 0 aliphatic rings. The molecule has 0 bridgehead atoms. The van der Waals surface area contributed by atoms with Gasteiger partial charge in [0.15, 0.2) is 5.11 Å². The highest BCUT2D eigenvalue weighted by molar-refractivity contribution is 7.80. The molecule has 0 spiro atoms. The van der Waals surface area contributed by atoms with Gasteiger partial charge in [0.25, 0.3) is 0 Å². The molecule has 0 radical (unpaired) electrons. The summed E-state index contributed by atoms with van der Waals surface area (Å²) in [4.78, 5) is 0. The van der Waals surface area contributed by atoms with E-state index in [9.17, 15) is 0 Å². The van der Waals surface area contributed by atoms with Gasteiger partial charge in [0.2, 0.25) is 0 Å². The number of hydrogen-bond donors (Lipinski definition) is 2. The van der Waals surface area contributed by atoms with Crippen LogP contribution in [0.2, 0.25) is 0 Å². The highest BCUT2D eigenvalue weighted by Gasteiger charge is 2.09. The maximum Gasteiger partial charge on any atom is 0.170 e. The molecule has 78 valence electrons. The minimum Gasteiger partial charge on any atom is -0.363 e. The molecule has 2 N–H and O–H groups in total. The fourth-order valence-electron chi connectivity index (χ4n) is 1.27. The van der Waals surface area contributed by atoms with Crippen molar-refractivity contribution in [2.75, 3.05) is 11.9 Å². The van der Waals surface area contributed by atoms with Crippen molar-refractivity contribution in [2.24, 2.45) is 7.05 Å². The van der Waals surface area contributed by atoms with Crippen LogP contribution in [0, 0.1) is 13.8 Å². The summed E-state index contributed by atoms with van der Waals surface area (Å²) in [5.41, 5.74) is 3.05. The standard InChI is InChI=1S/C9H16N4S/c1-5-10-9(14)11-8-6(2)12-13(4)7(8)3/h5H2,1-4H3,(H2,10,11,14). The molecule has 1 heterocycles. The fraction of sp³-hybridized carbons (Fsp3) is 0.556. The summed E-state index contributed by atoms with van der Waals surface area (Å²) >= 11 is 5.10. The largest absolute Gasteiger partial charge is 0.363 e. The lowest BCUT2D eigenvalue weighted by Crippen LogP contribution is -2.28. The van der Waals surface area contributed by atoms with Gasteiger partial charge in [-0.15, -0.1) is 0 Å². The lowest BCUT2D eigenvalue weighted by Gasteiger charge is -2.08. The number of hydrogen-bond acceptors (Lipinski definition) is 2. The molecule has 1 rings (SSSR count). The highest BCUT2D eigenvalue weighted by Crippen LogP contribution is 2.17. The predicted molar refractivity (Wildman–Crippen MR) is 62.6 cm³/mol. The maximum atomic E-state index is 5.10. The van der Waals surface area contributed by atoms with Gasteiger partial charge in [-0.3, -0.25) is 4.68 Å². The molecular formula is C9H16N4S. The van der Waals surface area contributed by atoms with Gasteiger partial charge in [0.05, 0.1) is 17.1 Å². The van der Waals surface area contributed by atoms with Crippen LogP contribution in [0.4, 0.5) is 5.69 Å². The van der Waals surface area contributed by atoms with Crippen LogP contribution in [0.5, 0.6) is 0 Å². The number of aromatic nitrogens is 2. The molecule has 0 saturated heterocycles. The third-order valence-corrected chi connectivity index (χ3v) is 2.33. The quantitative estimate of drug-likeness (QED) is 0.726. The van der Waals surface area contributed by atoms with Crippen molar-refractivity contribution in [2.45, 2.75) is 20.8 Å². The molecule has 0 atom stereocenters. The summed E-state index contributed by atoms with van der Waals surface area (Å²) in [6.45, 7) is 6.81. The van der Waals surface area contributed by atoms with E-state index in [2.05, 4.69) is 15.7 Å². The molecule has 0 unspecified atom stereocenters. The molecule has 5 heteroatoms. The molecular weight excluding hydrogens is 196 g/mol. The molecule has 0 aliphatic carbocycles. The van der Waals surface area contributed by atoms with Gasteiger partial charge < -0.3 is 10.6 Å². The van der Waals surface area contributed by atoms with Crippen LogP contribution >= 0.6 is 12.2 Å². The third-order valence-electron chi connectivity index (χ3n) is 2.08. The summed E-state index contributed by atoms with van der Waals surface area (Å²) in [5.74, 6) is 0. The number of nitrogens with one attached hydrogen (secondary N) is 2. The first-order valence-electron chi connectivity index (χ1n) is 4.61. The number of nitrogens with zero attached hydrogens (tertiary/aromatic N) is 2. The Labute approximate surface area is 89.7 Å². The van der Waals surface area contributed by atoms with Crippen LogP contribution in [0.1, 0.15) is 18.3 Å². The van der Waals surface area contributed by atoms with Crippen molar-refractivity contribution in [3.8, 4) is 0 Å². The SMILES string of the molecule is CCNC(=S)Nc1c(C)nn(C)c1C. The number of anilines is 1. The Morgan fingerprint density at radius 2 is 2.14 bits per heavy atom. The first kappa shape index (κ1) is 11.0. The van der Waals surface area contributed by atoms with E-state index in [4.69, 9.17) is 12.2 Å². The van der Waals surface area contributed by atoms with E-state index in [1.165, 1.54) is 0 Å². The second-order valence-electron chi connectivity index (χ2n) is 3.15. The first-order chi connectivity index (χ1) is 6.56. The Balaban J connectivity index is 2.81. The van der Waals surface area contributed by atoms with E-state index in [1.807, 2.05) is 32.5 Å². The smallest absolute Gasteiger partial charge is 0.170 e. The molecule has 14 heavy (non-hydrogen) atoms. The fourth-order valence-corrected chi connectivity index (χ4v) is 1.52. The van der Waals surface area contributed by atoms with Gasteiger partial charge >= 0.3 is 0 Å². The molecule has 0 aromatic carbocycles. The van der Waals surface area contributed by atoms with Gasteiger partial charge in [-0.25, -0.2) is 0 Å². The Morgan fingerprint density at radius 1 is 1.50 bits per heavy atom. The molecule has 4 nitrogen and oxygen atoms in total. The number of rotatable bonds is 2. The Hall–Kier alpha value is -1.10. The van der Waals surface area contributed by atoms with E-state index in [0.717, 1.165) is 23.6 Å². The van der Waals surface area contributed by atoms with E-state index in [0.29, 0.717) is 5.11 Å². The summed E-state index contributed by atoms with van der Waals surface area (Å²) in [5, 5.41) is 11.1. The van der Waals surface area contributed by atoms with Crippen molar-refractivity contribution < 1.29 is 0 Å². The molecule has 0 fully saturated rings. The Bertz CT molecular complexity index is 343. The summed E-state index contributed by atoms with van der Waals surface area (Å²) in [7, 11) is 1.92. The van der Waals surface area contributed by atoms with E-state index < -0.39 is 0 Å². The number of thiocarbonyl (C=S) groups is 1. The van der Waals surface area contributed by atoms with Crippen molar-refractivity contribution >= 4 is 23.0 Å². The van der Waals surface area contributed by atoms with Crippen LogP contribution in [-0.4, -0.2) is 21.4 Å². The van der Waals surface area contributed by atoms with Crippen LogP contribution in [0.15, 0.2) is 0 Å². The van der Waals surface area contributed by atoms with Gasteiger partial charge in [-0.2, -0.15) is 5.10 Å². The van der Waals surface area contributed by atoms with Crippen LogP contribution < -0.4 is 10.6 Å². The van der Waals surface area contributed by atoms with Crippen LogP contribution in [0.25, 0.3) is 0 Å². The summed E-state index contributed by atoms with van der Waals surface area (Å²) in [6, 6.07) is 0. The van der Waals surface area contributed by atoms with E-state index in [-0.39, 0.29) is 0 Å². The topological polar surface area (TPSA) is 41.9 Å². The summed E-state index contributed by atoms with van der Waals surface area (Å²) in [6.07, 6.45) is 0. The van der Waals surface area contributed by atoms with Crippen LogP contribution in [0.3, 0.4) is 0 Å². The van der Waals surface area contributed by atoms with Gasteiger partial charge in [0.1, 0.15) is 0 Å². The molecule has 0 aliphatic heterocycles. The average molecular weight is 212 g/mol. The van der Waals surface area contributed by atoms with Crippen molar-refractivity contribution in [1.29, 1.82) is 0 Å². The lowest BCUT2D eigenvalue weighted by molar-refractivity contribution is 0.731. The molecule has 1 aromatic rings. The average Bonchev–Trinajstić information content (AvgIpc) is 2.33. The number of aryl methyl sites for hydroxylation is 2. The van der Waals surface area contributed by atoms with E-state index in [1.54, 1.807) is 0 Å². The molecule has 0 amide bonds. The van der Waals surface area contributed by atoms with Gasteiger partial charge in [-0.05, 0) is 33.0 Å². The van der Waals surface area contributed by atoms with Crippen LogP contribution in [-0.2, 0) is 7.05 Å². The Kier molecular flexibility index (Phi) is 3.46. The predicted octanol–water partition coefficient (Wildman–Crippen LogP) is 1.34. The third kappa shape index (κ3) is 2.23. The lowest BCUT2D eigenvalue weighted by atomic mass is 10.3.